The third kappa shape index (κ3) is 4.10. The number of benzene rings is 1. The maximum absolute atomic E-state index is 12.7. The van der Waals surface area contributed by atoms with E-state index in [1.54, 1.807) is 6.07 Å². The highest BCUT2D eigenvalue weighted by Crippen LogP contribution is 2.28. The number of carbonyl (C=O) groups excluding carboxylic acids is 1. The zero-order valence-corrected chi connectivity index (χ0v) is 16.7. The average Bonchev–Trinajstić information content (AvgIpc) is 3.22. The van der Waals surface area contributed by atoms with Crippen molar-refractivity contribution in [3.05, 3.63) is 53.9 Å². The summed E-state index contributed by atoms with van der Waals surface area (Å²) in [6.45, 7) is 12.4. The van der Waals surface area contributed by atoms with Crippen molar-refractivity contribution in [2.75, 3.05) is 5.32 Å². The van der Waals surface area contributed by atoms with E-state index in [9.17, 15) is 4.79 Å². The van der Waals surface area contributed by atoms with Crippen LogP contribution in [0.15, 0.2) is 47.0 Å². The molecule has 2 heterocycles. The molecule has 1 aromatic carbocycles. The van der Waals surface area contributed by atoms with Gasteiger partial charge in [0.15, 0.2) is 11.5 Å². The van der Waals surface area contributed by atoms with Gasteiger partial charge in [0.1, 0.15) is 5.82 Å². The summed E-state index contributed by atoms with van der Waals surface area (Å²) in [4.78, 5) is 12.7. The fourth-order valence-corrected chi connectivity index (χ4v) is 2.65. The van der Waals surface area contributed by atoms with Crippen molar-refractivity contribution in [3.8, 4) is 11.3 Å². The number of carbonyl (C=O) groups is 1. The van der Waals surface area contributed by atoms with Crippen molar-refractivity contribution in [3.63, 3.8) is 0 Å². The fraction of sp³-hybridized carbons (Fsp3) is 0.381. The van der Waals surface area contributed by atoms with Crippen molar-refractivity contribution in [1.82, 2.24) is 14.9 Å². The lowest BCUT2D eigenvalue weighted by molar-refractivity contribution is 0.101. The zero-order valence-electron chi connectivity index (χ0n) is 16.7. The Morgan fingerprint density at radius 1 is 1.04 bits per heavy atom. The van der Waals surface area contributed by atoms with Crippen LogP contribution in [-0.4, -0.2) is 20.8 Å². The normalized spacial score (nSPS) is 12.2. The number of amides is 1. The quantitative estimate of drug-likeness (QED) is 0.719. The van der Waals surface area contributed by atoms with Crippen LogP contribution in [0.3, 0.4) is 0 Å². The first kappa shape index (κ1) is 18.9. The van der Waals surface area contributed by atoms with Crippen LogP contribution < -0.4 is 5.32 Å². The molecule has 1 N–H and O–H groups in total. The molecule has 0 saturated carbocycles. The van der Waals surface area contributed by atoms with Gasteiger partial charge in [-0.25, -0.2) is 4.68 Å². The maximum Gasteiger partial charge on any atom is 0.279 e. The van der Waals surface area contributed by atoms with Crippen LogP contribution in [0, 0.1) is 0 Å². The maximum atomic E-state index is 12.7. The molecular formula is C21H26N4O2. The van der Waals surface area contributed by atoms with E-state index in [1.807, 2.05) is 61.9 Å². The molecule has 0 radical (unpaired) electrons. The lowest BCUT2D eigenvalue weighted by Crippen LogP contribution is -2.27. The van der Waals surface area contributed by atoms with Crippen LogP contribution in [-0.2, 0) is 11.0 Å². The van der Waals surface area contributed by atoms with E-state index in [0.717, 1.165) is 11.3 Å². The van der Waals surface area contributed by atoms with E-state index in [0.29, 0.717) is 11.6 Å². The van der Waals surface area contributed by atoms with E-state index in [-0.39, 0.29) is 22.6 Å². The second kappa shape index (κ2) is 6.68. The molecule has 142 valence electrons. The van der Waals surface area contributed by atoms with Gasteiger partial charge in [0, 0.05) is 23.1 Å². The SMILES string of the molecule is CC(C)(C)c1cc(NC(=O)c2cc(-c3ccccc3)on2)n(C(C)(C)C)n1. The number of aromatic nitrogens is 3. The van der Waals surface area contributed by atoms with Crippen LogP contribution >= 0.6 is 0 Å². The summed E-state index contributed by atoms with van der Waals surface area (Å²) in [6, 6.07) is 13.1. The van der Waals surface area contributed by atoms with Crippen molar-refractivity contribution in [2.24, 2.45) is 0 Å². The summed E-state index contributed by atoms with van der Waals surface area (Å²) >= 11 is 0. The van der Waals surface area contributed by atoms with Gasteiger partial charge < -0.3 is 9.84 Å². The molecule has 0 atom stereocenters. The predicted octanol–water partition coefficient (Wildman–Crippen LogP) is 4.84. The molecule has 0 fully saturated rings. The van der Waals surface area contributed by atoms with Gasteiger partial charge in [0.25, 0.3) is 5.91 Å². The minimum Gasteiger partial charge on any atom is -0.355 e. The summed E-state index contributed by atoms with van der Waals surface area (Å²) in [5, 5.41) is 11.6. The molecule has 0 aliphatic rings. The van der Waals surface area contributed by atoms with E-state index in [2.05, 4.69) is 31.2 Å². The Labute approximate surface area is 159 Å². The monoisotopic (exact) mass is 366 g/mol. The summed E-state index contributed by atoms with van der Waals surface area (Å²) in [5.41, 5.74) is 1.62. The first-order chi connectivity index (χ1) is 12.6. The number of hydrogen-bond donors (Lipinski definition) is 1. The molecule has 6 nitrogen and oxygen atoms in total. The molecule has 3 rings (SSSR count). The highest BCUT2D eigenvalue weighted by atomic mass is 16.5. The first-order valence-corrected chi connectivity index (χ1v) is 9.00. The smallest absolute Gasteiger partial charge is 0.279 e. The Hall–Kier alpha value is -2.89. The van der Waals surface area contributed by atoms with Crippen molar-refractivity contribution in [2.45, 2.75) is 52.5 Å². The summed E-state index contributed by atoms with van der Waals surface area (Å²) in [6.07, 6.45) is 0. The molecule has 2 aromatic heterocycles. The van der Waals surface area contributed by atoms with E-state index in [4.69, 9.17) is 9.62 Å². The topological polar surface area (TPSA) is 73.0 Å². The summed E-state index contributed by atoms with van der Waals surface area (Å²) in [7, 11) is 0. The average molecular weight is 366 g/mol. The van der Waals surface area contributed by atoms with Gasteiger partial charge in [0.2, 0.25) is 0 Å². The van der Waals surface area contributed by atoms with Crippen LogP contribution in [0.4, 0.5) is 5.82 Å². The van der Waals surface area contributed by atoms with Gasteiger partial charge >= 0.3 is 0 Å². The van der Waals surface area contributed by atoms with E-state index < -0.39 is 0 Å². The summed E-state index contributed by atoms with van der Waals surface area (Å²) < 4.78 is 7.17. The summed E-state index contributed by atoms with van der Waals surface area (Å²) in [5.74, 6) is 0.869. The molecule has 0 spiro atoms. The van der Waals surface area contributed by atoms with Gasteiger partial charge in [0.05, 0.1) is 11.2 Å². The minimum absolute atomic E-state index is 0.121. The number of anilines is 1. The van der Waals surface area contributed by atoms with Crippen LogP contribution in [0.5, 0.6) is 0 Å². The van der Waals surface area contributed by atoms with Gasteiger partial charge in [-0.2, -0.15) is 5.10 Å². The van der Waals surface area contributed by atoms with Gasteiger partial charge in [-0.3, -0.25) is 4.79 Å². The fourth-order valence-electron chi connectivity index (χ4n) is 2.65. The molecule has 0 aliphatic heterocycles. The Morgan fingerprint density at radius 2 is 1.70 bits per heavy atom. The van der Waals surface area contributed by atoms with Crippen molar-refractivity contribution >= 4 is 11.7 Å². The second-order valence-corrected chi connectivity index (χ2v) is 8.64. The number of rotatable bonds is 3. The van der Waals surface area contributed by atoms with E-state index in [1.165, 1.54) is 0 Å². The molecular weight excluding hydrogens is 340 g/mol. The largest absolute Gasteiger partial charge is 0.355 e. The molecule has 0 saturated heterocycles. The Kier molecular flexibility index (Phi) is 4.68. The minimum atomic E-state index is -0.327. The molecule has 0 bridgehead atoms. The van der Waals surface area contributed by atoms with Crippen LogP contribution in [0.1, 0.15) is 57.7 Å². The number of nitrogens with zero attached hydrogens (tertiary/aromatic N) is 3. The Morgan fingerprint density at radius 3 is 2.30 bits per heavy atom. The third-order valence-electron chi connectivity index (χ3n) is 4.16. The molecule has 0 unspecified atom stereocenters. The Balaban J connectivity index is 1.88. The molecule has 1 amide bonds. The second-order valence-electron chi connectivity index (χ2n) is 8.64. The molecule has 6 heteroatoms. The Bertz CT molecular complexity index is 941. The molecule has 3 aromatic rings. The molecule has 0 aliphatic carbocycles. The highest BCUT2D eigenvalue weighted by molar-refractivity contribution is 6.02. The first-order valence-electron chi connectivity index (χ1n) is 9.00. The predicted molar refractivity (Wildman–Crippen MR) is 106 cm³/mol. The highest BCUT2D eigenvalue weighted by Gasteiger charge is 2.26. The van der Waals surface area contributed by atoms with Gasteiger partial charge in [-0.1, -0.05) is 56.3 Å². The number of nitrogens with one attached hydrogen (secondary N) is 1. The van der Waals surface area contributed by atoms with Gasteiger partial charge in [-0.05, 0) is 20.8 Å². The standard InChI is InChI=1S/C21H26N4O2/c1-20(2,3)17-13-18(25(23-17)21(4,5)6)22-19(26)15-12-16(27-24-15)14-10-8-7-9-11-14/h7-13H,1-6H3,(H,22,26). The van der Waals surface area contributed by atoms with Crippen molar-refractivity contribution < 1.29 is 9.32 Å². The van der Waals surface area contributed by atoms with Crippen LogP contribution in [0.25, 0.3) is 11.3 Å². The molecule has 27 heavy (non-hydrogen) atoms. The lowest BCUT2D eigenvalue weighted by Gasteiger charge is -2.22. The van der Waals surface area contributed by atoms with Crippen LogP contribution in [0.2, 0.25) is 0 Å². The van der Waals surface area contributed by atoms with E-state index >= 15 is 0 Å². The zero-order chi connectivity index (χ0) is 19.8. The third-order valence-corrected chi connectivity index (χ3v) is 4.16. The van der Waals surface area contributed by atoms with Gasteiger partial charge in [-0.15, -0.1) is 0 Å². The number of hydrogen-bond acceptors (Lipinski definition) is 4. The lowest BCUT2D eigenvalue weighted by atomic mass is 9.92. The van der Waals surface area contributed by atoms with Crippen molar-refractivity contribution in [1.29, 1.82) is 0 Å².